The van der Waals surface area contributed by atoms with E-state index in [1.807, 2.05) is 0 Å². The third-order valence-electron chi connectivity index (χ3n) is 3.97. The summed E-state index contributed by atoms with van der Waals surface area (Å²) in [6.07, 6.45) is 1.37. The van der Waals surface area contributed by atoms with E-state index in [1.165, 1.54) is 12.1 Å². The van der Waals surface area contributed by atoms with E-state index in [9.17, 15) is 9.18 Å². The summed E-state index contributed by atoms with van der Waals surface area (Å²) in [5.41, 5.74) is 7.47. The van der Waals surface area contributed by atoms with Gasteiger partial charge in [-0.3, -0.25) is 4.79 Å². The van der Waals surface area contributed by atoms with Gasteiger partial charge in [0.1, 0.15) is 5.82 Å². The van der Waals surface area contributed by atoms with E-state index >= 15 is 0 Å². The van der Waals surface area contributed by atoms with Crippen molar-refractivity contribution in [2.75, 3.05) is 24.8 Å². The number of aryl methyl sites for hydroxylation is 1. The second kappa shape index (κ2) is 10.3. The lowest BCUT2D eigenvalue weighted by molar-refractivity contribution is 0.102. The third kappa shape index (κ3) is 5.44. The number of unbranched alkanes of at least 4 members (excludes halogenated alkanes) is 1. The normalized spacial score (nSPS) is 10.1. The fourth-order valence-corrected chi connectivity index (χ4v) is 2.51. The van der Waals surface area contributed by atoms with Crippen molar-refractivity contribution in [3.8, 4) is 17.6 Å². The summed E-state index contributed by atoms with van der Waals surface area (Å²) in [4.78, 5) is 16.8. The first-order chi connectivity index (χ1) is 13.5. The van der Waals surface area contributed by atoms with Crippen molar-refractivity contribution in [1.82, 2.24) is 4.98 Å². The van der Waals surface area contributed by atoms with Crippen LogP contribution in [0.1, 0.15) is 41.4 Å². The Hall–Kier alpha value is -3.11. The van der Waals surface area contributed by atoms with Crippen LogP contribution in [0.2, 0.25) is 0 Å². The highest BCUT2D eigenvalue weighted by atomic mass is 19.1. The van der Waals surface area contributed by atoms with Gasteiger partial charge in [0.15, 0.2) is 11.6 Å². The fourth-order valence-electron chi connectivity index (χ4n) is 2.51. The molecule has 0 saturated carbocycles. The van der Waals surface area contributed by atoms with Gasteiger partial charge in [0.25, 0.3) is 5.91 Å². The van der Waals surface area contributed by atoms with Crippen molar-refractivity contribution < 1.29 is 18.7 Å². The number of rotatable bonds is 8. The Morgan fingerprint density at radius 2 is 2.18 bits per heavy atom. The molecule has 0 aliphatic rings. The van der Waals surface area contributed by atoms with Gasteiger partial charge in [-0.1, -0.05) is 6.07 Å². The summed E-state index contributed by atoms with van der Waals surface area (Å²) in [6, 6.07) is 6.18. The third-order valence-corrected chi connectivity index (χ3v) is 3.97. The predicted octanol–water partition coefficient (Wildman–Crippen LogP) is 3.69. The van der Waals surface area contributed by atoms with Gasteiger partial charge in [0.05, 0.1) is 30.2 Å². The highest BCUT2D eigenvalue weighted by Gasteiger charge is 2.17. The van der Waals surface area contributed by atoms with E-state index in [0.717, 1.165) is 5.56 Å². The van der Waals surface area contributed by atoms with Crippen LogP contribution in [0.4, 0.5) is 15.9 Å². The maximum Gasteiger partial charge on any atom is 0.259 e. The van der Waals surface area contributed by atoms with Gasteiger partial charge in [-0.15, -0.1) is 11.8 Å². The molecule has 2 rings (SSSR count). The summed E-state index contributed by atoms with van der Waals surface area (Å²) < 4.78 is 25.1. The van der Waals surface area contributed by atoms with E-state index in [-0.39, 0.29) is 29.4 Å². The van der Waals surface area contributed by atoms with Gasteiger partial charge in [-0.25, -0.2) is 9.37 Å². The first-order valence-electron chi connectivity index (χ1n) is 8.85. The number of aromatic nitrogens is 1. The number of methoxy groups -OCH3 is 1. The van der Waals surface area contributed by atoms with Crippen molar-refractivity contribution >= 4 is 17.4 Å². The number of anilines is 2. The average Bonchev–Trinajstić information content (AvgIpc) is 2.67. The van der Waals surface area contributed by atoms with Crippen molar-refractivity contribution in [1.29, 1.82) is 0 Å². The Labute approximate surface area is 164 Å². The first-order valence-corrected chi connectivity index (χ1v) is 8.85. The number of halogens is 1. The van der Waals surface area contributed by atoms with E-state index in [0.29, 0.717) is 25.1 Å². The van der Waals surface area contributed by atoms with E-state index in [4.69, 9.17) is 15.2 Å². The number of ether oxygens (including phenoxy) is 2. The lowest BCUT2D eigenvalue weighted by Gasteiger charge is -2.13. The average molecular weight is 385 g/mol. The maximum absolute atomic E-state index is 14.6. The summed E-state index contributed by atoms with van der Waals surface area (Å²) in [5.74, 6) is 4.65. The van der Waals surface area contributed by atoms with Gasteiger partial charge in [0, 0.05) is 13.5 Å². The molecule has 0 fully saturated rings. The van der Waals surface area contributed by atoms with Crippen molar-refractivity contribution in [3.63, 3.8) is 0 Å². The summed E-state index contributed by atoms with van der Waals surface area (Å²) in [6.45, 7) is 4.19. The van der Waals surface area contributed by atoms with Crippen LogP contribution in [-0.2, 0) is 11.3 Å². The summed E-state index contributed by atoms with van der Waals surface area (Å²) in [5, 5.41) is 2.53. The zero-order valence-electron chi connectivity index (χ0n) is 16.3. The van der Waals surface area contributed by atoms with Crippen LogP contribution in [0.5, 0.6) is 5.75 Å². The second-order valence-electron chi connectivity index (χ2n) is 6.07. The minimum absolute atomic E-state index is 0.00821. The summed E-state index contributed by atoms with van der Waals surface area (Å²) >= 11 is 0. The Morgan fingerprint density at radius 3 is 2.89 bits per heavy atom. The molecule has 0 bridgehead atoms. The molecule has 1 aromatic heterocycles. The number of benzene rings is 1. The molecule has 6 nitrogen and oxygen atoms in total. The van der Waals surface area contributed by atoms with E-state index in [2.05, 4.69) is 22.1 Å². The van der Waals surface area contributed by atoms with Crippen LogP contribution >= 0.6 is 0 Å². The quantitative estimate of drug-likeness (QED) is 0.535. The molecule has 7 heteroatoms. The van der Waals surface area contributed by atoms with E-state index in [1.54, 1.807) is 33.1 Å². The van der Waals surface area contributed by atoms with Crippen LogP contribution in [0, 0.1) is 24.6 Å². The molecule has 2 aromatic rings. The number of carbonyl (C=O) groups is 1. The lowest BCUT2D eigenvalue weighted by atomic mass is 10.1. The van der Waals surface area contributed by atoms with Crippen LogP contribution in [0.25, 0.3) is 0 Å². The molecular formula is C21H24FN3O3. The Bertz CT molecular complexity index is 904. The number of nitrogens with two attached hydrogens (primary N) is 1. The van der Waals surface area contributed by atoms with Gasteiger partial charge in [0.2, 0.25) is 0 Å². The molecule has 0 spiro atoms. The van der Waals surface area contributed by atoms with Crippen LogP contribution < -0.4 is 15.8 Å². The molecule has 0 radical (unpaired) electrons. The molecule has 0 aliphatic heterocycles. The van der Waals surface area contributed by atoms with Crippen LogP contribution in [0.15, 0.2) is 24.3 Å². The second-order valence-corrected chi connectivity index (χ2v) is 6.07. The van der Waals surface area contributed by atoms with Gasteiger partial charge < -0.3 is 20.5 Å². The monoisotopic (exact) mass is 385 g/mol. The summed E-state index contributed by atoms with van der Waals surface area (Å²) in [7, 11) is 1.55. The molecule has 28 heavy (non-hydrogen) atoms. The molecule has 0 atom stereocenters. The molecule has 0 unspecified atom stereocenters. The molecule has 1 aromatic carbocycles. The zero-order chi connectivity index (χ0) is 20.5. The smallest absolute Gasteiger partial charge is 0.259 e. The first kappa shape index (κ1) is 21.2. The topological polar surface area (TPSA) is 86.5 Å². The van der Waals surface area contributed by atoms with Gasteiger partial charge >= 0.3 is 0 Å². The van der Waals surface area contributed by atoms with Crippen molar-refractivity contribution in [2.45, 2.75) is 33.3 Å². The number of nitrogens with one attached hydrogen (secondary N) is 1. The SMILES string of the molecule is CC#CCCCOc1cccc(NC(=O)c2cc(C)c(COC)nc2N)c1F. The largest absolute Gasteiger partial charge is 0.490 e. The van der Waals surface area contributed by atoms with Crippen molar-refractivity contribution in [3.05, 3.63) is 46.9 Å². The van der Waals surface area contributed by atoms with Crippen LogP contribution in [-0.4, -0.2) is 24.6 Å². The molecular weight excluding hydrogens is 361 g/mol. The number of pyridine rings is 1. The minimum Gasteiger partial charge on any atom is -0.490 e. The Kier molecular flexibility index (Phi) is 7.78. The Morgan fingerprint density at radius 1 is 1.39 bits per heavy atom. The zero-order valence-corrected chi connectivity index (χ0v) is 16.3. The van der Waals surface area contributed by atoms with Gasteiger partial charge in [-0.05, 0) is 44.0 Å². The number of hydrogen-bond acceptors (Lipinski definition) is 5. The molecule has 0 saturated heterocycles. The minimum atomic E-state index is -0.642. The molecule has 148 valence electrons. The number of amides is 1. The molecule has 3 N–H and O–H groups in total. The lowest BCUT2D eigenvalue weighted by Crippen LogP contribution is -2.17. The number of carbonyl (C=O) groups excluding carboxylic acids is 1. The predicted molar refractivity (Wildman–Crippen MR) is 107 cm³/mol. The molecule has 1 amide bonds. The number of nitrogen functional groups attached to an aromatic ring is 1. The standard InChI is InChI=1S/C21H24FN3O3/c1-4-5-6-7-11-28-18-10-8-9-16(19(18)22)25-21(26)15-12-14(2)17(13-27-3)24-20(15)23/h8-10,12H,6-7,11,13H2,1-3H3,(H2,23,24)(H,25,26). The van der Waals surface area contributed by atoms with Gasteiger partial charge in [-0.2, -0.15) is 0 Å². The highest BCUT2D eigenvalue weighted by molar-refractivity contribution is 6.07. The molecule has 0 aliphatic carbocycles. The highest BCUT2D eigenvalue weighted by Crippen LogP contribution is 2.26. The molecule has 1 heterocycles. The van der Waals surface area contributed by atoms with E-state index < -0.39 is 11.7 Å². The van der Waals surface area contributed by atoms with Crippen LogP contribution in [0.3, 0.4) is 0 Å². The maximum atomic E-state index is 14.6. The Balaban J connectivity index is 2.12. The number of nitrogens with zero attached hydrogens (tertiary/aromatic N) is 1. The fraction of sp³-hybridized carbons (Fsp3) is 0.333. The van der Waals surface area contributed by atoms with Crippen molar-refractivity contribution in [2.24, 2.45) is 0 Å². The number of hydrogen-bond donors (Lipinski definition) is 2.